The number of benzene rings is 1. The van der Waals surface area contributed by atoms with Gasteiger partial charge >= 0.3 is 0 Å². The molecule has 1 aromatic carbocycles. The van der Waals surface area contributed by atoms with E-state index in [0.29, 0.717) is 38.3 Å². The number of hydrogen-bond acceptors (Lipinski definition) is 5. The molecular formula is C21H23F2N3O3S. The molecule has 2 aromatic rings. The zero-order chi connectivity index (χ0) is 21.3. The first kappa shape index (κ1) is 20.7. The molecule has 0 spiro atoms. The molecule has 6 nitrogen and oxygen atoms in total. The van der Waals surface area contributed by atoms with E-state index in [2.05, 4.69) is 4.98 Å². The van der Waals surface area contributed by atoms with Crippen LogP contribution in [0.25, 0.3) is 0 Å². The summed E-state index contributed by atoms with van der Waals surface area (Å²) in [7, 11) is -3.06. The lowest BCUT2D eigenvalue weighted by Crippen LogP contribution is -2.53. The minimum absolute atomic E-state index is 0.0318. The largest absolute Gasteiger partial charge is 0.352 e. The zero-order valence-corrected chi connectivity index (χ0v) is 17.2. The number of nitrogens with zero attached hydrogens (tertiary/aromatic N) is 3. The quantitative estimate of drug-likeness (QED) is 0.741. The van der Waals surface area contributed by atoms with Gasteiger partial charge < -0.3 is 9.80 Å². The Hall–Kier alpha value is -2.55. The van der Waals surface area contributed by atoms with Crippen molar-refractivity contribution in [3.05, 3.63) is 59.8 Å². The van der Waals surface area contributed by atoms with Crippen LogP contribution in [0, 0.1) is 17.6 Å². The zero-order valence-electron chi connectivity index (χ0n) is 16.4. The van der Waals surface area contributed by atoms with Crippen LogP contribution in [0.15, 0.2) is 42.6 Å². The lowest BCUT2D eigenvalue weighted by molar-refractivity contribution is -0.138. The Balaban J connectivity index is 1.58. The predicted molar refractivity (Wildman–Crippen MR) is 109 cm³/mol. The van der Waals surface area contributed by atoms with Crippen molar-refractivity contribution >= 4 is 21.6 Å². The molecule has 0 radical (unpaired) electrons. The van der Waals surface area contributed by atoms with Gasteiger partial charge in [-0.15, -0.1) is 0 Å². The highest BCUT2D eigenvalue weighted by Gasteiger charge is 2.37. The van der Waals surface area contributed by atoms with Gasteiger partial charge in [-0.2, -0.15) is 0 Å². The van der Waals surface area contributed by atoms with Gasteiger partial charge in [0.1, 0.15) is 27.3 Å². The number of anilines is 1. The summed E-state index contributed by atoms with van der Waals surface area (Å²) in [5.74, 6) is -0.497. The molecule has 2 aliphatic heterocycles. The Kier molecular flexibility index (Phi) is 5.73. The summed E-state index contributed by atoms with van der Waals surface area (Å²) in [6.45, 7) is 1.37. The number of carbonyl (C=O) groups excluding carboxylic acids is 1. The predicted octanol–water partition coefficient (Wildman–Crippen LogP) is 2.57. The summed E-state index contributed by atoms with van der Waals surface area (Å²) < 4.78 is 50.2. The molecule has 2 saturated heterocycles. The maximum atomic E-state index is 13.5. The molecule has 4 rings (SSSR count). The van der Waals surface area contributed by atoms with Crippen LogP contribution in [0.3, 0.4) is 0 Å². The molecule has 2 fully saturated rings. The Morgan fingerprint density at radius 2 is 1.63 bits per heavy atom. The van der Waals surface area contributed by atoms with Crippen LogP contribution >= 0.6 is 0 Å². The first-order valence-electron chi connectivity index (χ1n) is 9.95. The van der Waals surface area contributed by atoms with Crippen molar-refractivity contribution in [1.29, 1.82) is 0 Å². The van der Waals surface area contributed by atoms with Gasteiger partial charge in [-0.3, -0.25) is 4.79 Å². The number of amides is 1. The van der Waals surface area contributed by atoms with Gasteiger partial charge in [0.2, 0.25) is 5.91 Å². The van der Waals surface area contributed by atoms with E-state index in [1.807, 2.05) is 4.90 Å². The molecule has 1 unspecified atom stereocenters. The van der Waals surface area contributed by atoms with E-state index >= 15 is 0 Å². The smallest absolute Gasteiger partial charge is 0.226 e. The Bertz CT molecular complexity index is 999. The van der Waals surface area contributed by atoms with Crippen molar-refractivity contribution in [2.45, 2.75) is 18.9 Å². The molecule has 9 heteroatoms. The number of piperazine rings is 1. The monoisotopic (exact) mass is 435 g/mol. The molecule has 1 amide bonds. The fourth-order valence-electron chi connectivity index (χ4n) is 4.15. The number of carbonyl (C=O) groups is 1. The number of hydrogen-bond donors (Lipinski definition) is 0. The van der Waals surface area contributed by atoms with Crippen molar-refractivity contribution < 1.29 is 22.0 Å². The number of rotatable bonds is 3. The van der Waals surface area contributed by atoms with Crippen LogP contribution in [0.4, 0.5) is 14.6 Å². The summed E-state index contributed by atoms with van der Waals surface area (Å²) >= 11 is 0. The van der Waals surface area contributed by atoms with Crippen LogP contribution < -0.4 is 4.90 Å². The first-order valence-corrected chi connectivity index (χ1v) is 11.8. The van der Waals surface area contributed by atoms with Gasteiger partial charge in [0.25, 0.3) is 0 Å². The summed E-state index contributed by atoms with van der Waals surface area (Å²) in [5, 5.41) is 0. The van der Waals surface area contributed by atoms with Crippen molar-refractivity contribution in [3.63, 3.8) is 0 Å². The standard InChI is InChI=1S/C21H23F2N3O3S/c22-17-3-1-15(2-4-17)19-14-25(20-6-5-18(23)13-24-20)9-10-26(19)21(27)16-7-11-30(28,29)12-8-16/h1-6,13,16,19H,7-12,14H2. The van der Waals surface area contributed by atoms with Crippen LogP contribution in [-0.2, 0) is 14.6 Å². The molecule has 1 atom stereocenters. The average molecular weight is 435 g/mol. The third-order valence-electron chi connectivity index (χ3n) is 5.86. The van der Waals surface area contributed by atoms with E-state index in [9.17, 15) is 22.0 Å². The van der Waals surface area contributed by atoms with Crippen LogP contribution in [0.1, 0.15) is 24.4 Å². The van der Waals surface area contributed by atoms with E-state index in [0.717, 1.165) is 11.8 Å². The maximum absolute atomic E-state index is 13.5. The number of pyridine rings is 1. The molecule has 3 heterocycles. The van der Waals surface area contributed by atoms with Crippen LogP contribution in [0.5, 0.6) is 0 Å². The average Bonchev–Trinajstić information content (AvgIpc) is 2.74. The minimum Gasteiger partial charge on any atom is -0.352 e. The molecule has 2 aliphatic rings. The minimum atomic E-state index is -3.06. The van der Waals surface area contributed by atoms with Crippen LogP contribution in [0.2, 0.25) is 0 Å². The molecule has 0 N–H and O–H groups in total. The van der Waals surface area contributed by atoms with E-state index in [1.165, 1.54) is 18.2 Å². The maximum Gasteiger partial charge on any atom is 0.226 e. The van der Waals surface area contributed by atoms with Gasteiger partial charge in [0.05, 0.1) is 23.7 Å². The van der Waals surface area contributed by atoms with E-state index in [4.69, 9.17) is 0 Å². The molecule has 30 heavy (non-hydrogen) atoms. The molecule has 0 saturated carbocycles. The highest BCUT2D eigenvalue weighted by Crippen LogP contribution is 2.31. The molecule has 160 valence electrons. The second-order valence-electron chi connectivity index (χ2n) is 7.81. The lowest BCUT2D eigenvalue weighted by Gasteiger charge is -2.43. The molecule has 0 aliphatic carbocycles. The summed E-state index contributed by atoms with van der Waals surface area (Å²) in [4.78, 5) is 21.2. The van der Waals surface area contributed by atoms with Crippen LogP contribution in [-0.4, -0.2) is 55.3 Å². The SMILES string of the molecule is O=C(C1CCS(=O)(=O)CC1)N1CCN(c2ccc(F)cn2)CC1c1ccc(F)cc1. The highest BCUT2D eigenvalue weighted by atomic mass is 32.2. The normalized spacial score (nSPS) is 22.1. The first-order chi connectivity index (χ1) is 14.3. The topological polar surface area (TPSA) is 70.6 Å². The Morgan fingerprint density at radius 1 is 0.967 bits per heavy atom. The number of halogens is 2. The van der Waals surface area contributed by atoms with E-state index in [-0.39, 0.29) is 35.2 Å². The number of sulfone groups is 1. The van der Waals surface area contributed by atoms with Gasteiger partial charge in [0, 0.05) is 25.6 Å². The summed E-state index contributed by atoms with van der Waals surface area (Å²) in [6, 6.07) is 8.65. The van der Waals surface area contributed by atoms with Crippen molar-refractivity contribution in [2.24, 2.45) is 5.92 Å². The summed E-state index contributed by atoms with van der Waals surface area (Å²) in [5.41, 5.74) is 0.792. The lowest BCUT2D eigenvalue weighted by atomic mass is 9.96. The molecule has 0 bridgehead atoms. The fraction of sp³-hybridized carbons (Fsp3) is 0.429. The van der Waals surface area contributed by atoms with Crippen molar-refractivity contribution in [2.75, 3.05) is 36.0 Å². The summed E-state index contributed by atoms with van der Waals surface area (Å²) in [6.07, 6.45) is 1.82. The van der Waals surface area contributed by atoms with Crippen molar-refractivity contribution in [1.82, 2.24) is 9.88 Å². The third kappa shape index (κ3) is 4.45. The Morgan fingerprint density at radius 3 is 2.27 bits per heavy atom. The fourth-order valence-corrected chi connectivity index (χ4v) is 5.64. The van der Waals surface area contributed by atoms with Gasteiger partial charge in [0.15, 0.2) is 0 Å². The second kappa shape index (κ2) is 8.29. The Labute approximate surface area is 174 Å². The van der Waals surface area contributed by atoms with Gasteiger partial charge in [-0.1, -0.05) is 12.1 Å². The highest BCUT2D eigenvalue weighted by molar-refractivity contribution is 7.91. The second-order valence-corrected chi connectivity index (χ2v) is 10.1. The van der Waals surface area contributed by atoms with E-state index < -0.39 is 15.7 Å². The number of aromatic nitrogens is 1. The van der Waals surface area contributed by atoms with Gasteiger partial charge in [-0.25, -0.2) is 22.2 Å². The van der Waals surface area contributed by atoms with E-state index in [1.54, 1.807) is 23.1 Å². The molecule has 1 aromatic heterocycles. The van der Waals surface area contributed by atoms with Gasteiger partial charge in [-0.05, 0) is 42.7 Å². The third-order valence-corrected chi connectivity index (χ3v) is 7.57. The molecular weight excluding hydrogens is 412 g/mol. The van der Waals surface area contributed by atoms with Crippen molar-refractivity contribution in [3.8, 4) is 0 Å².